The summed E-state index contributed by atoms with van der Waals surface area (Å²) in [5.74, 6) is -1.39. The van der Waals surface area contributed by atoms with Gasteiger partial charge in [0.1, 0.15) is 11.7 Å². The Hall–Kier alpha value is -2.72. The highest BCUT2D eigenvalue weighted by atomic mass is 32.2. The Morgan fingerprint density at radius 2 is 1.70 bits per heavy atom. The first-order valence-corrected chi connectivity index (χ1v) is 9.87. The van der Waals surface area contributed by atoms with Gasteiger partial charge in [0.05, 0.1) is 4.90 Å². The molecule has 0 radical (unpaired) electrons. The van der Waals surface area contributed by atoms with E-state index in [-0.39, 0.29) is 42.7 Å². The van der Waals surface area contributed by atoms with E-state index in [1.807, 2.05) is 0 Å². The molecule has 1 N–H and O–H groups in total. The minimum absolute atomic E-state index is 0.141. The number of hydrogen-bond acceptors (Lipinski definition) is 5. The van der Waals surface area contributed by atoms with E-state index >= 15 is 0 Å². The van der Waals surface area contributed by atoms with Crippen molar-refractivity contribution in [2.75, 3.05) is 26.2 Å². The van der Waals surface area contributed by atoms with Crippen molar-refractivity contribution in [1.82, 2.24) is 19.0 Å². The summed E-state index contributed by atoms with van der Waals surface area (Å²) in [6, 6.07) is 8.77. The smallest absolute Gasteiger partial charge is 0.328 e. The van der Waals surface area contributed by atoms with Gasteiger partial charge in [-0.1, -0.05) is 18.2 Å². The maximum Gasteiger partial charge on any atom is 0.328 e. The molecule has 1 fully saturated rings. The molecule has 1 amide bonds. The number of nitrogens with zero attached hydrogens (tertiary/aromatic N) is 4. The second-order valence-electron chi connectivity index (χ2n) is 6.20. The highest BCUT2D eigenvalue weighted by Gasteiger charge is 2.31. The van der Waals surface area contributed by atoms with E-state index in [1.165, 1.54) is 33.1 Å². The van der Waals surface area contributed by atoms with Gasteiger partial charge in [-0.25, -0.2) is 13.2 Å². The minimum Gasteiger partial charge on any atom is -0.480 e. The van der Waals surface area contributed by atoms with Gasteiger partial charge in [0.25, 0.3) is 5.91 Å². The van der Waals surface area contributed by atoms with Crippen molar-refractivity contribution < 1.29 is 23.1 Å². The molecule has 1 unspecified atom stereocenters. The van der Waals surface area contributed by atoms with Crippen LogP contribution >= 0.6 is 0 Å². The Morgan fingerprint density at radius 3 is 2.30 bits per heavy atom. The maximum atomic E-state index is 12.6. The molecule has 9 nitrogen and oxygen atoms in total. The van der Waals surface area contributed by atoms with Gasteiger partial charge in [0.2, 0.25) is 10.0 Å². The van der Waals surface area contributed by atoms with Crippen LogP contribution in [0.2, 0.25) is 0 Å². The minimum atomic E-state index is -3.58. The zero-order valence-electron chi connectivity index (χ0n) is 14.7. The Morgan fingerprint density at radius 1 is 1.07 bits per heavy atom. The number of rotatable bonds is 5. The first-order chi connectivity index (χ1) is 12.8. The Bertz CT molecular complexity index is 933. The van der Waals surface area contributed by atoms with Crippen molar-refractivity contribution >= 4 is 21.9 Å². The first-order valence-electron chi connectivity index (χ1n) is 8.43. The van der Waals surface area contributed by atoms with Crippen LogP contribution in [0.1, 0.15) is 23.5 Å². The van der Waals surface area contributed by atoms with Crippen LogP contribution in [0.25, 0.3) is 0 Å². The number of sulfonamides is 1. The third-order valence-electron chi connectivity index (χ3n) is 4.49. The summed E-state index contributed by atoms with van der Waals surface area (Å²) in [5, 5.41) is 13.0. The molecular formula is C17H20N4O5S. The molecule has 1 aliphatic rings. The number of benzene rings is 1. The zero-order chi connectivity index (χ0) is 19.6. The molecule has 0 saturated carbocycles. The van der Waals surface area contributed by atoms with E-state index in [0.717, 1.165) is 0 Å². The van der Waals surface area contributed by atoms with E-state index in [2.05, 4.69) is 5.10 Å². The molecule has 0 aliphatic carbocycles. The zero-order valence-corrected chi connectivity index (χ0v) is 15.5. The fourth-order valence-electron chi connectivity index (χ4n) is 2.82. The fourth-order valence-corrected chi connectivity index (χ4v) is 4.26. The molecule has 1 saturated heterocycles. The van der Waals surface area contributed by atoms with Crippen molar-refractivity contribution in [1.29, 1.82) is 0 Å². The van der Waals surface area contributed by atoms with Crippen molar-refractivity contribution in [3.05, 3.63) is 48.3 Å². The highest BCUT2D eigenvalue weighted by Crippen LogP contribution is 2.18. The molecule has 0 spiro atoms. The molecule has 3 rings (SSSR count). The van der Waals surface area contributed by atoms with Gasteiger partial charge >= 0.3 is 5.97 Å². The summed E-state index contributed by atoms with van der Waals surface area (Å²) in [6.07, 6.45) is 1.45. The van der Waals surface area contributed by atoms with Crippen LogP contribution in [0, 0.1) is 0 Å². The molecular weight excluding hydrogens is 372 g/mol. The van der Waals surface area contributed by atoms with Gasteiger partial charge in [-0.2, -0.15) is 9.40 Å². The van der Waals surface area contributed by atoms with Crippen LogP contribution in [-0.2, 0) is 14.8 Å². The van der Waals surface area contributed by atoms with Gasteiger partial charge in [-0.15, -0.1) is 0 Å². The number of carbonyl (C=O) groups excluding carboxylic acids is 1. The Labute approximate surface area is 156 Å². The average molecular weight is 392 g/mol. The Kier molecular flexibility index (Phi) is 5.29. The van der Waals surface area contributed by atoms with E-state index in [9.17, 15) is 18.0 Å². The molecule has 1 aromatic heterocycles. The molecule has 10 heteroatoms. The number of carboxylic acid groups (broad SMARTS) is 1. The highest BCUT2D eigenvalue weighted by molar-refractivity contribution is 7.89. The molecule has 1 atom stereocenters. The third kappa shape index (κ3) is 3.86. The summed E-state index contributed by atoms with van der Waals surface area (Å²) in [7, 11) is -3.58. The van der Waals surface area contributed by atoms with Crippen molar-refractivity contribution in [2.45, 2.75) is 17.9 Å². The quantitative estimate of drug-likeness (QED) is 0.800. The summed E-state index contributed by atoms with van der Waals surface area (Å²) >= 11 is 0. The largest absolute Gasteiger partial charge is 0.480 e. The van der Waals surface area contributed by atoms with Gasteiger partial charge in [-0.3, -0.25) is 9.48 Å². The number of carboxylic acids is 1. The molecule has 2 heterocycles. The lowest BCUT2D eigenvalue weighted by Crippen LogP contribution is -2.50. The molecule has 0 bridgehead atoms. The number of piperazine rings is 1. The maximum absolute atomic E-state index is 12.6. The summed E-state index contributed by atoms with van der Waals surface area (Å²) < 4.78 is 27.8. The SMILES string of the molecule is CC(C(=O)O)n1ccc(C(=O)N2CCN(S(=O)(=O)c3ccccc3)CC2)n1. The lowest BCUT2D eigenvalue weighted by molar-refractivity contribution is -0.140. The van der Waals surface area contributed by atoms with Crippen molar-refractivity contribution in [3.63, 3.8) is 0 Å². The number of hydrogen-bond donors (Lipinski definition) is 1. The average Bonchev–Trinajstić information content (AvgIpc) is 3.17. The van der Waals surface area contributed by atoms with E-state index in [1.54, 1.807) is 30.3 Å². The monoisotopic (exact) mass is 392 g/mol. The van der Waals surface area contributed by atoms with Crippen LogP contribution in [0.5, 0.6) is 0 Å². The molecule has 2 aromatic rings. The van der Waals surface area contributed by atoms with Gasteiger partial charge in [0, 0.05) is 32.4 Å². The summed E-state index contributed by atoms with van der Waals surface area (Å²) in [5.41, 5.74) is 0.141. The normalized spacial score (nSPS) is 16.9. The van der Waals surface area contributed by atoms with E-state index in [4.69, 9.17) is 5.11 Å². The van der Waals surface area contributed by atoms with E-state index < -0.39 is 22.0 Å². The van der Waals surface area contributed by atoms with Crippen molar-refractivity contribution in [3.8, 4) is 0 Å². The predicted molar refractivity (Wildman–Crippen MR) is 95.7 cm³/mol. The second-order valence-corrected chi connectivity index (χ2v) is 8.14. The molecule has 27 heavy (non-hydrogen) atoms. The lowest BCUT2D eigenvalue weighted by atomic mass is 10.3. The van der Waals surface area contributed by atoms with E-state index in [0.29, 0.717) is 0 Å². The standard InChI is InChI=1S/C17H20N4O5S/c1-13(17(23)24)21-8-7-15(18-21)16(22)19-9-11-20(12-10-19)27(25,26)14-5-3-2-4-6-14/h2-8,13H,9-12H2,1H3,(H,23,24). The van der Waals surface area contributed by atoms with Crippen LogP contribution < -0.4 is 0 Å². The molecule has 144 valence electrons. The first kappa shape index (κ1) is 19.1. The van der Waals surface area contributed by atoms with Gasteiger partial charge < -0.3 is 10.0 Å². The van der Waals surface area contributed by atoms with Gasteiger partial charge in [-0.05, 0) is 25.1 Å². The summed E-state index contributed by atoms with van der Waals surface area (Å²) in [4.78, 5) is 25.3. The number of amides is 1. The van der Waals surface area contributed by atoms with Crippen molar-refractivity contribution in [2.24, 2.45) is 0 Å². The molecule has 1 aromatic carbocycles. The number of carbonyl (C=O) groups is 2. The van der Waals surface area contributed by atoms with Crippen LogP contribution in [0.15, 0.2) is 47.5 Å². The van der Waals surface area contributed by atoms with Crippen LogP contribution in [0.4, 0.5) is 0 Å². The lowest BCUT2D eigenvalue weighted by Gasteiger charge is -2.33. The number of aliphatic carboxylic acids is 1. The third-order valence-corrected chi connectivity index (χ3v) is 6.40. The predicted octanol–water partition coefficient (Wildman–Crippen LogP) is 0.675. The number of aromatic nitrogens is 2. The Balaban J connectivity index is 1.66. The van der Waals surface area contributed by atoms with Crippen LogP contribution in [-0.4, -0.2) is 70.6 Å². The second kappa shape index (κ2) is 7.49. The van der Waals surface area contributed by atoms with Crippen LogP contribution in [0.3, 0.4) is 0 Å². The topological polar surface area (TPSA) is 113 Å². The molecule has 1 aliphatic heterocycles. The summed E-state index contributed by atoms with van der Waals surface area (Å²) in [6.45, 7) is 2.33. The fraction of sp³-hybridized carbons (Fsp3) is 0.353. The van der Waals surface area contributed by atoms with Gasteiger partial charge in [0.15, 0.2) is 0 Å².